The lowest BCUT2D eigenvalue weighted by molar-refractivity contribution is -0.111. The van der Waals surface area contributed by atoms with Gasteiger partial charge in [-0.1, -0.05) is 13.8 Å². The van der Waals surface area contributed by atoms with Crippen molar-refractivity contribution >= 4 is 0 Å². The molecule has 0 unspecified atom stereocenters. The molecule has 0 aliphatic carbocycles. The summed E-state index contributed by atoms with van der Waals surface area (Å²) < 4.78 is 25.9. The van der Waals surface area contributed by atoms with Gasteiger partial charge in [-0.05, 0) is 0 Å². The maximum absolute atomic E-state index is 13.0. The Morgan fingerprint density at radius 2 is 1.60 bits per heavy atom. The van der Waals surface area contributed by atoms with Crippen LogP contribution in [0.15, 0.2) is 0 Å². The molecule has 10 heavy (non-hydrogen) atoms. The number of hydrogen-bond donors (Lipinski definition) is 1. The van der Waals surface area contributed by atoms with Gasteiger partial charge in [0, 0.05) is 24.9 Å². The van der Waals surface area contributed by atoms with Gasteiger partial charge in [0.15, 0.2) is 0 Å². The van der Waals surface area contributed by atoms with Crippen molar-refractivity contribution in [1.82, 2.24) is 5.32 Å². The molecule has 1 aliphatic heterocycles. The Kier molecular flexibility index (Phi) is 1.95. The van der Waals surface area contributed by atoms with E-state index in [1.54, 1.807) is 13.8 Å². The first-order valence-electron chi connectivity index (χ1n) is 3.63. The quantitative estimate of drug-likeness (QED) is 0.550. The van der Waals surface area contributed by atoms with E-state index >= 15 is 0 Å². The van der Waals surface area contributed by atoms with Crippen molar-refractivity contribution in [2.24, 2.45) is 11.8 Å². The van der Waals surface area contributed by atoms with E-state index in [1.807, 2.05) is 0 Å². The smallest absolute Gasteiger partial charge is 0.255 e. The van der Waals surface area contributed by atoms with Crippen LogP contribution in [0.2, 0.25) is 0 Å². The van der Waals surface area contributed by atoms with Crippen LogP contribution in [0.5, 0.6) is 0 Å². The van der Waals surface area contributed by atoms with Crippen LogP contribution in [-0.4, -0.2) is 19.0 Å². The average molecular weight is 149 g/mol. The van der Waals surface area contributed by atoms with Crippen molar-refractivity contribution in [2.75, 3.05) is 13.1 Å². The van der Waals surface area contributed by atoms with E-state index in [1.165, 1.54) is 0 Å². The highest BCUT2D eigenvalue weighted by Crippen LogP contribution is 2.34. The van der Waals surface area contributed by atoms with Crippen molar-refractivity contribution < 1.29 is 8.78 Å². The molecule has 0 radical (unpaired) electrons. The largest absolute Gasteiger partial charge is 0.316 e. The summed E-state index contributed by atoms with van der Waals surface area (Å²) in [5, 5.41) is 2.96. The van der Waals surface area contributed by atoms with Gasteiger partial charge in [-0.3, -0.25) is 0 Å². The molecule has 0 aromatic heterocycles. The summed E-state index contributed by atoms with van der Waals surface area (Å²) >= 11 is 0. The Bertz CT molecular complexity index is 113. The van der Waals surface area contributed by atoms with Crippen LogP contribution in [0.3, 0.4) is 0 Å². The van der Waals surface area contributed by atoms with E-state index in [0.29, 0.717) is 13.1 Å². The Morgan fingerprint density at radius 3 is 1.90 bits per heavy atom. The average Bonchev–Trinajstić information content (AvgIpc) is 1.84. The molecular weight excluding hydrogens is 136 g/mol. The van der Waals surface area contributed by atoms with Crippen molar-refractivity contribution in [3.8, 4) is 0 Å². The SMILES string of the molecule is C[C@@H]1CNC[C@H](C)C1(F)F. The summed E-state index contributed by atoms with van der Waals surface area (Å²) in [6.45, 7) is 4.06. The van der Waals surface area contributed by atoms with E-state index in [-0.39, 0.29) is 0 Å². The molecule has 1 N–H and O–H groups in total. The topological polar surface area (TPSA) is 12.0 Å². The summed E-state index contributed by atoms with van der Waals surface area (Å²) in [5.41, 5.74) is 0. The van der Waals surface area contributed by atoms with Gasteiger partial charge in [0.2, 0.25) is 0 Å². The van der Waals surface area contributed by atoms with Crippen LogP contribution in [0.25, 0.3) is 0 Å². The first-order valence-corrected chi connectivity index (χ1v) is 3.63. The van der Waals surface area contributed by atoms with Gasteiger partial charge in [-0.25, -0.2) is 8.78 Å². The van der Waals surface area contributed by atoms with Gasteiger partial charge in [0.25, 0.3) is 5.92 Å². The molecule has 1 aliphatic rings. The highest BCUT2D eigenvalue weighted by molar-refractivity contribution is 4.86. The fourth-order valence-electron chi connectivity index (χ4n) is 1.27. The van der Waals surface area contributed by atoms with Gasteiger partial charge in [0.1, 0.15) is 0 Å². The third-order valence-corrected chi connectivity index (χ3v) is 2.22. The second-order valence-corrected chi connectivity index (χ2v) is 3.13. The normalized spacial score (nSPS) is 39.6. The minimum atomic E-state index is -2.47. The lowest BCUT2D eigenvalue weighted by atomic mass is 9.89. The van der Waals surface area contributed by atoms with Crippen molar-refractivity contribution in [3.05, 3.63) is 0 Å². The number of nitrogens with one attached hydrogen (secondary N) is 1. The zero-order valence-corrected chi connectivity index (χ0v) is 6.32. The number of rotatable bonds is 0. The molecule has 3 heteroatoms. The maximum atomic E-state index is 13.0. The number of piperidine rings is 1. The Labute approximate surface area is 59.8 Å². The highest BCUT2D eigenvalue weighted by atomic mass is 19.3. The number of hydrogen-bond acceptors (Lipinski definition) is 1. The predicted octanol–water partition coefficient (Wildman–Crippen LogP) is 1.50. The Balaban J connectivity index is 2.63. The molecule has 60 valence electrons. The first-order chi connectivity index (χ1) is 4.55. The highest BCUT2D eigenvalue weighted by Gasteiger charge is 2.44. The van der Waals surface area contributed by atoms with Crippen LogP contribution in [0.4, 0.5) is 8.78 Å². The molecule has 1 rings (SSSR count). The van der Waals surface area contributed by atoms with Crippen LogP contribution in [-0.2, 0) is 0 Å². The molecular formula is C7H13F2N. The molecule has 1 nitrogen and oxygen atoms in total. The number of halogens is 2. The summed E-state index contributed by atoms with van der Waals surface area (Å²) in [6.07, 6.45) is 0. The molecule has 0 aromatic carbocycles. The van der Waals surface area contributed by atoms with E-state index in [2.05, 4.69) is 5.32 Å². The van der Waals surface area contributed by atoms with Gasteiger partial charge in [-0.2, -0.15) is 0 Å². The maximum Gasteiger partial charge on any atom is 0.255 e. The van der Waals surface area contributed by atoms with Crippen molar-refractivity contribution in [3.63, 3.8) is 0 Å². The minimum Gasteiger partial charge on any atom is -0.316 e. The van der Waals surface area contributed by atoms with E-state index in [0.717, 1.165) is 0 Å². The zero-order valence-electron chi connectivity index (χ0n) is 6.32. The predicted molar refractivity (Wildman–Crippen MR) is 36.1 cm³/mol. The van der Waals surface area contributed by atoms with E-state index < -0.39 is 17.8 Å². The van der Waals surface area contributed by atoms with Crippen molar-refractivity contribution in [1.29, 1.82) is 0 Å². The van der Waals surface area contributed by atoms with Crippen molar-refractivity contribution in [2.45, 2.75) is 19.8 Å². The fourth-order valence-corrected chi connectivity index (χ4v) is 1.27. The molecule has 0 spiro atoms. The lowest BCUT2D eigenvalue weighted by Crippen LogP contribution is -2.49. The summed E-state index contributed by atoms with van der Waals surface area (Å²) in [7, 11) is 0. The summed E-state index contributed by atoms with van der Waals surface area (Å²) in [4.78, 5) is 0. The first kappa shape index (κ1) is 7.92. The Hall–Kier alpha value is -0.180. The molecule has 0 amide bonds. The molecule has 2 atom stereocenters. The standard InChI is InChI=1S/C7H13F2N/c1-5-3-10-4-6(2)7(5,8)9/h5-6,10H,3-4H2,1-2H3/t5-,6+. The third-order valence-electron chi connectivity index (χ3n) is 2.22. The fraction of sp³-hybridized carbons (Fsp3) is 1.00. The lowest BCUT2D eigenvalue weighted by Gasteiger charge is -2.34. The van der Waals surface area contributed by atoms with Crippen LogP contribution in [0.1, 0.15) is 13.8 Å². The van der Waals surface area contributed by atoms with E-state index in [9.17, 15) is 8.78 Å². The zero-order chi connectivity index (χ0) is 7.78. The second kappa shape index (κ2) is 2.46. The molecule has 0 aromatic rings. The van der Waals surface area contributed by atoms with Crippen LogP contribution in [0, 0.1) is 11.8 Å². The molecule has 1 saturated heterocycles. The minimum absolute atomic E-state index is 0.442. The van der Waals surface area contributed by atoms with Crippen LogP contribution < -0.4 is 5.32 Å². The monoisotopic (exact) mass is 149 g/mol. The molecule has 1 heterocycles. The van der Waals surface area contributed by atoms with Gasteiger partial charge >= 0.3 is 0 Å². The second-order valence-electron chi connectivity index (χ2n) is 3.13. The molecule has 0 bridgehead atoms. The Morgan fingerprint density at radius 1 is 1.20 bits per heavy atom. The van der Waals surface area contributed by atoms with Gasteiger partial charge < -0.3 is 5.32 Å². The molecule has 1 fully saturated rings. The van der Waals surface area contributed by atoms with Gasteiger partial charge in [0.05, 0.1) is 0 Å². The summed E-state index contributed by atoms with van der Waals surface area (Å²) in [5.74, 6) is -3.50. The van der Waals surface area contributed by atoms with Crippen LogP contribution >= 0.6 is 0 Å². The number of alkyl halides is 2. The summed E-state index contributed by atoms with van der Waals surface area (Å²) in [6, 6.07) is 0. The van der Waals surface area contributed by atoms with Gasteiger partial charge in [-0.15, -0.1) is 0 Å². The third kappa shape index (κ3) is 1.15. The van der Waals surface area contributed by atoms with E-state index in [4.69, 9.17) is 0 Å². The molecule has 0 saturated carbocycles.